The summed E-state index contributed by atoms with van der Waals surface area (Å²) in [5, 5.41) is 10.8. The lowest BCUT2D eigenvalue weighted by Gasteiger charge is -2.11. The number of aromatic hydroxyl groups is 1. The third-order valence-electron chi connectivity index (χ3n) is 2.74. The predicted molar refractivity (Wildman–Crippen MR) is 70.1 cm³/mol. The van der Waals surface area contributed by atoms with Crippen LogP contribution in [0.1, 0.15) is 11.7 Å². The minimum absolute atomic E-state index is 0.0205. The van der Waals surface area contributed by atoms with Crippen LogP contribution in [0.2, 0.25) is 0 Å². The van der Waals surface area contributed by atoms with Gasteiger partial charge in [-0.05, 0) is 23.6 Å². The van der Waals surface area contributed by atoms with Gasteiger partial charge in [0.15, 0.2) is 0 Å². The minimum atomic E-state index is -0.686. The van der Waals surface area contributed by atoms with Crippen molar-refractivity contribution in [2.24, 2.45) is 0 Å². The van der Waals surface area contributed by atoms with Crippen molar-refractivity contribution in [2.75, 3.05) is 21.3 Å². The first kappa shape index (κ1) is 11.6. The molecule has 0 radical (unpaired) electrons. The number of hydrogen-bond donors (Lipinski definition) is 1. The van der Waals surface area contributed by atoms with Crippen LogP contribution >= 0.6 is 0 Å². The lowest BCUT2D eigenvalue weighted by molar-refractivity contribution is 0.0600. The molecule has 0 aliphatic heterocycles. The van der Waals surface area contributed by atoms with Gasteiger partial charge in [0.25, 0.3) is 0 Å². The fourth-order valence-electron chi connectivity index (χ4n) is 1.84. The molecule has 0 amide bonds. The summed E-state index contributed by atoms with van der Waals surface area (Å²) in [6, 6.07) is 4.30. The van der Waals surface area contributed by atoms with Gasteiger partial charge in [-0.2, -0.15) is 0 Å². The molecule has 19 heavy (non-hydrogen) atoms. The van der Waals surface area contributed by atoms with Crippen LogP contribution in [-0.4, -0.2) is 32.4 Å². The Labute approximate surface area is 111 Å². The van der Waals surface area contributed by atoms with E-state index in [-0.39, 0.29) is 17.4 Å². The van der Waals surface area contributed by atoms with Crippen LogP contribution in [0, 0.1) is 0 Å². The third kappa shape index (κ3) is 2.27. The Morgan fingerprint density at radius 2 is 1.95 bits per heavy atom. The lowest BCUT2D eigenvalue weighted by Crippen LogP contribution is -2.01. The van der Waals surface area contributed by atoms with E-state index in [0.29, 0.717) is 22.3 Å². The summed E-state index contributed by atoms with van der Waals surface area (Å²) in [5.74, 6) is -0.0177. The second kappa shape index (κ2) is 5.06. The molecule has 0 saturated carbocycles. The fourth-order valence-corrected chi connectivity index (χ4v) is 1.84. The van der Waals surface area contributed by atoms with Crippen LogP contribution in [-0.2, 0) is 4.74 Å². The van der Waals surface area contributed by atoms with Crippen molar-refractivity contribution in [3.05, 3.63) is 29.8 Å². The number of esters is 1. The van der Waals surface area contributed by atoms with Crippen LogP contribution in [0.5, 0.6) is 17.2 Å². The monoisotopic (exact) mass is 263 g/mol. The second-order valence-corrected chi connectivity index (χ2v) is 3.81. The highest BCUT2D eigenvalue weighted by Gasteiger charge is 2.14. The molecule has 0 aliphatic rings. The standard InChI is InChI=1S/C14H14O5/c1-17-10-5-8-4-9(14(16)19-3)6-11(15)13(8)12(7-10)18-2/h4-7,15H,1-3H3/i4D. The smallest absolute Gasteiger partial charge is 0.338 e. The Morgan fingerprint density at radius 3 is 2.53 bits per heavy atom. The SMILES string of the molecule is [2H]c1c(C(=O)OC)cc(O)c2c(OC)cc(OC)cc12. The first-order valence-electron chi connectivity index (χ1n) is 6.00. The Hall–Kier alpha value is -2.43. The molecule has 0 heterocycles. The first-order valence-corrected chi connectivity index (χ1v) is 5.50. The van der Waals surface area contributed by atoms with E-state index in [4.69, 9.17) is 10.8 Å². The normalized spacial score (nSPS) is 11.0. The summed E-state index contributed by atoms with van der Waals surface area (Å²) in [4.78, 5) is 11.6. The third-order valence-corrected chi connectivity index (χ3v) is 2.74. The highest BCUT2D eigenvalue weighted by molar-refractivity contribution is 6.01. The molecular weight excluding hydrogens is 248 g/mol. The molecule has 0 aromatic heterocycles. The molecule has 0 atom stereocenters. The van der Waals surface area contributed by atoms with E-state index < -0.39 is 5.97 Å². The van der Waals surface area contributed by atoms with Gasteiger partial charge in [0.1, 0.15) is 17.2 Å². The van der Waals surface area contributed by atoms with Crippen molar-refractivity contribution in [2.45, 2.75) is 0 Å². The zero-order chi connectivity index (χ0) is 14.9. The van der Waals surface area contributed by atoms with Crippen molar-refractivity contribution >= 4 is 16.7 Å². The van der Waals surface area contributed by atoms with Crippen molar-refractivity contribution in [1.29, 1.82) is 0 Å². The topological polar surface area (TPSA) is 65.0 Å². The average Bonchev–Trinajstić information content (AvgIpc) is 2.48. The summed E-state index contributed by atoms with van der Waals surface area (Å²) in [6.07, 6.45) is 0. The molecule has 5 nitrogen and oxygen atoms in total. The Kier molecular flexibility index (Phi) is 3.10. The highest BCUT2D eigenvalue weighted by atomic mass is 16.5. The Bertz CT molecular complexity index is 681. The van der Waals surface area contributed by atoms with Gasteiger partial charge in [-0.3, -0.25) is 0 Å². The van der Waals surface area contributed by atoms with Gasteiger partial charge in [-0.1, -0.05) is 0 Å². The number of rotatable bonds is 3. The largest absolute Gasteiger partial charge is 0.507 e. The van der Waals surface area contributed by atoms with Gasteiger partial charge < -0.3 is 19.3 Å². The number of ether oxygens (including phenoxy) is 3. The number of carbonyl (C=O) groups excluding carboxylic acids is 1. The molecular formula is C14H14O5. The van der Waals surface area contributed by atoms with E-state index in [0.717, 1.165) is 0 Å². The zero-order valence-corrected chi connectivity index (χ0v) is 10.8. The van der Waals surface area contributed by atoms with Gasteiger partial charge in [-0.25, -0.2) is 4.79 Å². The summed E-state index contributed by atoms with van der Waals surface area (Å²) in [5.41, 5.74) is -0.0205. The number of phenolic OH excluding ortho intramolecular Hbond substituents is 1. The molecule has 0 bridgehead atoms. The molecule has 2 rings (SSSR count). The highest BCUT2D eigenvalue weighted by Crippen LogP contribution is 2.37. The van der Waals surface area contributed by atoms with Crippen molar-refractivity contribution in [1.82, 2.24) is 0 Å². The van der Waals surface area contributed by atoms with Crippen molar-refractivity contribution in [3.63, 3.8) is 0 Å². The van der Waals surface area contributed by atoms with E-state index in [1.165, 1.54) is 27.4 Å². The lowest BCUT2D eigenvalue weighted by atomic mass is 10.0. The Morgan fingerprint density at radius 1 is 1.21 bits per heavy atom. The Balaban J connectivity index is 2.88. The summed E-state index contributed by atoms with van der Waals surface area (Å²) >= 11 is 0. The molecule has 0 aliphatic carbocycles. The summed E-state index contributed by atoms with van der Waals surface area (Å²) in [6.45, 7) is 0. The number of hydrogen-bond acceptors (Lipinski definition) is 5. The summed E-state index contributed by atoms with van der Waals surface area (Å²) in [7, 11) is 4.15. The second-order valence-electron chi connectivity index (χ2n) is 3.81. The number of phenols is 1. The number of carbonyl (C=O) groups is 1. The molecule has 2 aromatic carbocycles. The fraction of sp³-hybridized carbons (Fsp3) is 0.214. The quantitative estimate of drug-likeness (QED) is 0.861. The maximum Gasteiger partial charge on any atom is 0.338 e. The van der Waals surface area contributed by atoms with Crippen LogP contribution < -0.4 is 9.47 Å². The first-order chi connectivity index (χ1) is 9.53. The van der Waals surface area contributed by atoms with E-state index in [9.17, 15) is 9.90 Å². The van der Waals surface area contributed by atoms with E-state index in [1.54, 1.807) is 12.1 Å². The molecule has 0 unspecified atom stereocenters. The van der Waals surface area contributed by atoms with E-state index in [2.05, 4.69) is 4.74 Å². The summed E-state index contributed by atoms with van der Waals surface area (Å²) < 4.78 is 23.0. The average molecular weight is 263 g/mol. The molecule has 100 valence electrons. The van der Waals surface area contributed by atoms with Gasteiger partial charge in [0, 0.05) is 6.07 Å². The number of methoxy groups -OCH3 is 3. The van der Waals surface area contributed by atoms with Gasteiger partial charge in [0.05, 0.1) is 33.6 Å². The van der Waals surface area contributed by atoms with E-state index >= 15 is 0 Å². The molecule has 2 aromatic rings. The van der Waals surface area contributed by atoms with Crippen molar-refractivity contribution in [3.8, 4) is 17.2 Å². The van der Waals surface area contributed by atoms with Crippen LogP contribution in [0.25, 0.3) is 10.8 Å². The number of fused-ring (bicyclic) bond motifs is 1. The minimum Gasteiger partial charge on any atom is -0.507 e. The maximum absolute atomic E-state index is 11.6. The van der Waals surface area contributed by atoms with Gasteiger partial charge in [-0.15, -0.1) is 0 Å². The predicted octanol–water partition coefficient (Wildman–Crippen LogP) is 2.35. The van der Waals surface area contributed by atoms with Crippen LogP contribution in [0.4, 0.5) is 0 Å². The van der Waals surface area contributed by atoms with Crippen LogP contribution in [0.15, 0.2) is 24.2 Å². The zero-order valence-electron chi connectivity index (χ0n) is 11.8. The van der Waals surface area contributed by atoms with Gasteiger partial charge in [0.2, 0.25) is 0 Å². The van der Waals surface area contributed by atoms with Crippen LogP contribution in [0.3, 0.4) is 0 Å². The molecule has 1 N–H and O–H groups in total. The molecule has 5 heteroatoms. The molecule has 0 saturated heterocycles. The molecule has 0 spiro atoms. The maximum atomic E-state index is 11.6. The van der Waals surface area contributed by atoms with E-state index in [1.807, 2.05) is 0 Å². The van der Waals surface area contributed by atoms with Crippen molar-refractivity contribution < 1.29 is 25.5 Å². The molecule has 0 fully saturated rings. The number of benzene rings is 2. The van der Waals surface area contributed by atoms with Gasteiger partial charge >= 0.3 is 5.97 Å².